The fourth-order valence-electron chi connectivity index (χ4n) is 0.976. The van der Waals surface area contributed by atoms with Gasteiger partial charge in [0, 0.05) is 6.54 Å². The molecule has 0 fully saturated rings. The lowest BCUT2D eigenvalue weighted by atomic mass is 10.2. The lowest BCUT2D eigenvalue weighted by molar-refractivity contribution is -0.116. The molecule has 0 aliphatic heterocycles. The van der Waals surface area contributed by atoms with E-state index in [2.05, 4.69) is 11.4 Å². The summed E-state index contributed by atoms with van der Waals surface area (Å²) in [5.74, 6) is 0.00860. The maximum absolute atomic E-state index is 11.1. The Morgan fingerprint density at radius 3 is 2.60 bits per heavy atom. The summed E-state index contributed by atoms with van der Waals surface area (Å²) in [5.41, 5.74) is 0. The van der Waals surface area contributed by atoms with E-state index in [1.54, 1.807) is 6.08 Å². The highest BCUT2D eigenvalue weighted by Gasteiger charge is 1.90. The Hall–Kier alpha value is -1.31. The van der Waals surface area contributed by atoms with Gasteiger partial charge in [-0.1, -0.05) is 37.3 Å². The summed E-state index contributed by atoms with van der Waals surface area (Å²) in [6.07, 6.45) is 14.5. The SMILES string of the molecule is C/C=C/C=C\CC/C=C/C(=O)NCCC. The van der Waals surface area contributed by atoms with E-state index in [-0.39, 0.29) is 5.91 Å². The van der Waals surface area contributed by atoms with Gasteiger partial charge in [0.2, 0.25) is 5.91 Å². The molecule has 2 heteroatoms. The van der Waals surface area contributed by atoms with Gasteiger partial charge in [-0.2, -0.15) is 0 Å². The Morgan fingerprint density at radius 1 is 1.20 bits per heavy atom. The van der Waals surface area contributed by atoms with Crippen LogP contribution in [0.25, 0.3) is 0 Å². The molecule has 0 unspecified atom stereocenters. The average Bonchev–Trinajstić information content (AvgIpc) is 2.25. The number of carbonyl (C=O) groups is 1. The summed E-state index contributed by atoms with van der Waals surface area (Å²) in [7, 11) is 0. The molecule has 0 aromatic carbocycles. The van der Waals surface area contributed by atoms with Crippen LogP contribution in [0, 0.1) is 0 Å². The molecule has 0 heterocycles. The third-order valence-electron chi connectivity index (χ3n) is 1.76. The number of allylic oxidation sites excluding steroid dienone is 5. The molecule has 0 aliphatic rings. The van der Waals surface area contributed by atoms with E-state index < -0.39 is 0 Å². The van der Waals surface area contributed by atoms with Crippen molar-refractivity contribution in [1.29, 1.82) is 0 Å². The predicted octanol–water partition coefficient (Wildman–Crippen LogP) is 2.98. The minimum Gasteiger partial charge on any atom is -0.353 e. The van der Waals surface area contributed by atoms with Crippen LogP contribution in [0.2, 0.25) is 0 Å². The number of rotatable bonds is 7. The second-order valence-corrected chi connectivity index (χ2v) is 3.22. The number of nitrogens with one attached hydrogen (secondary N) is 1. The molecule has 0 spiro atoms. The number of amides is 1. The van der Waals surface area contributed by atoms with Crippen molar-refractivity contribution >= 4 is 5.91 Å². The Balaban J connectivity index is 3.49. The molecular weight excluding hydrogens is 186 g/mol. The van der Waals surface area contributed by atoms with E-state index in [1.165, 1.54) is 0 Å². The molecule has 0 saturated heterocycles. The standard InChI is InChI=1S/C13H21NO/c1-3-5-6-7-8-9-10-11-13(15)14-12-4-2/h3,5-7,10-11H,4,8-9,12H2,1-2H3,(H,14,15)/b5-3+,7-6-,11-10+. The Bertz CT molecular complexity index is 239. The molecule has 0 radical (unpaired) electrons. The van der Waals surface area contributed by atoms with Crippen molar-refractivity contribution in [2.75, 3.05) is 6.54 Å². The summed E-state index contributed by atoms with van der Waals surface area (Å²) in [4.78, 5) is 11.1. The highest BCUT2D eigenvalue weighted by atomic mass is 16.1. The van der Waals surface area contributed by atoms with Crippen LogP contribution in [0.4, 0.5) is 0 Å². The van der Waals surface area contributed by atoms with Crippen LogP contribution in [0.3, 0.4) is 0 Å². The van der Waals surface area contributed by atoms with E-state index in [4.69, 9.17) is 0 Å². The van der Waals surface area contributed by atoms with Crippen molar-refractivity contribution in [1.82, 2.24) is 5.32 Å². The summed E-state index contributed by atoms with van der Waals surface area (Å²) < 4.78 is 0. The van der Waals surface area contributed by atoms with Crippen molar-refractivity contribution in [2.45, 2.75) is 33.1 Å². The van der Waals surface area contributed by atoms with E-state index in [9.17, 15) is 4.79 Å². The van der Waals surface area contributed by atoms with Crippen LogP contribution < -0.4 is 5.32 Å². The first kappa shape index (κ1) is 13.7. The van der Waals surface area contributed by atoms with Gasteiger partial charge in [-0.25, -0.2) is 0 Å². The van der Waals surface area contributed by atoms with Gasteiger partial charge in [0.25, 0.3) is 0 Å². The normalized spacial score (nSPS) is 11.9. The first-order chi connectivity index (χ1) is 7.31. The zero-order valence-electron chi connectivity index (χ0n) is 9.70. The second-order valence-electron chi connectivity index (χ2n) is 3.22. The van der Waals surface area contributed by atoms with Crippen molar-refractivity contribution in [3.63, 3.8) is 0 Å². The van der Waals surface area contributed by atoms with Gasteiger partial charge < -0.3 is 5.32 Å². The molecule has 0 saturated carbocycles. The van der Waals surface area contributed by atoms with Gasteiger partial charge in [-0.3, -0.25) is 4.79 Å². The largest absolute Gasteiger partial charge is 0.353 e. The van der Waals surface area contributed by atoms with Crippen LogP contribution in [0.1, 0.15) is 33.1 Å². The fourth-order valence-corrected chi connectivity index (χ4v) is 0.976. The summed E-state index contributed by atoms with van der Waals surface area (Å²) in [6.45, 7) is 4.78. The topological polar surface area (TPSA) is 29.1 Å². The number of hydrogen-bond donors (Lipinski definition) is 1. The Kier molecular flexibility index (Phi) is 9.83. The number of hydrogen-bond acceptors (Lipinski definition) is 1. The van der Waals surface area contributed by atoms with Gasteiger partial charge in [0.15, 0.2) is 0 Å². The van der Waals surface area contributed by atoms with Crippen molar-refractivity contribution < 1.29 is 4.79 Å². The molecule has 1 amide bonds. The fraction of sp³-hybridized carbons (Fsp3) is 0.462. The van der Waals surface area contributed by atoms with Gasteiger partial charge in [-0.05, 0) is 32.3 Å². The molecule has 1 N–H and O–H groups in total. The third-order valence-corrected chi connectivity index (χ3v) is 1.76. The predicted molar refractivity (Wildman–Crippen MR) is 65.6 cm³/mol. The maximum atomic E-state index is 11.1. The Labute approximate surface area is 92.8 Å². The van der Waals surface area contributed by atoms with Crippen molar-refractivity contribution in [3.05, 3.63) is 36.5 Å². The van der Waals surface area contributed by atoms with Crippen LogP contribution in [-0.2, 0) is 4.79 Å². The van der Waals surface area contributed by atoms with Gasteiger partial charge in [0.05, 0.1) is 0 Å². The van der Waals surface area contributed by atoms with Gasteiger partial charge >= 0.3 is 0 Å². The quantitative estimate of drug-likeness (QED) is 0.388. The molecule has 2 nitrogen and oxygen atoms in total. The third kappa shape index (κ3) is 10.6. The van der Waals surface area contributed by atoms with E-state index >= 15 is 0 Å². The van der Waals surface area contributed by atoms with E-state index in [1.807, 2.05) is 38.2 Å². The zero-order valence-corrected chi connectivity index (χ0v) is 9.70. The van der Waals surface area contributed by atoms with Crippen LogP contribution in [0.15, 0.2) is 36.5 Å². The minimum absolute atomic E-state index is 0.00860. The molecule has 0 aromatic heterocycles. The van der Waals surface area contributed by atoms with Crippen molar-refractivity contribution in [2.24, 2.45) is 0 Å². The summed E-state index contributed by atoms with van der Waals surface area (Å²) >= 11 is 0. The van der Waals surface area contributed by atoms with Crippen molar-refractivity contribution in [3.8, 4) is 0 Å². The highest BCUT2D eigenvalue weighted by Crippen LogP contribution is 1.93. The zero-order chi connectivity index (χ0) is 11.4. The van der Waals surface area contributed by atoms with E-state index in [0.29, 0.717) is 0 Å². The molecule has 0 aromatic rings. The number of carbonyl (C=O) groups excluding carboxylic acids is 1. The average molecular weight is 207 g/mol. The highest BCUT2D eigenvalue weighted by molar-refractivity contribution is 5.87. The van der Waals surface area contributed by atoms with E-state index in [0.717, 1.165) is 25.8 Å². The lowest BCUT2D eigenvalue weighted by Gasteiger charge is -1.96. The minimum atomic E-state index is 0.00860. The molecule has 15 heavy (non-hydrogen) atoms. The smallest absolute Gasteiger partial charge is 0.243 e. The van der Waals surface area contributed by atoms with Crippen LogP contribution in [0.5, 0.6) is 0 Å². The van der Waals surface area contributed by atoms with Gasteiger partial charge in [0.1, 0.15) is 0 Å². The molecule has 0 rings (SSSR count). The first-order valence-electron chi connectivity index (χ1n) is 5.53. The monoisotopic (exact) mass is 207 g/mol. The molecule has 84 valence electrons. The molecule has 0 atom stereocenters. The molecular formula is C13H21NO. The van der Waals surface area contributed by atoms with Gasteiger partial charge in [-0.15, -0.1) is 0 Å². The summed E-state index contributed by atoms with van der Waals surface area (Å²) in [5, 5.41) is 2.79. The first-order valence-corrected chi connectivity index (χ1v) is 5.53. The summed E-state index contributed by atoms with van der Waals surface area (Å²) in [6, 6.07) is 0. The Morgan fingerprint density at radius 2 is 1.93 bits per heavy atom. The lowest BCUT2D eigenvalue weighted by Crippen LogP contribution is -2.21. The second kappa shape index (κ2) is 10.8. The molecule has 0 bridgehead atoms. The maximum Gasteiger partial charge on any atom is 0.243 e. The molecule has 0 aliphatic carbocycles. The van der Waals surface area contributed by atoms with Crippen LogP contribution >= 0.6 is 0 Å². The number of unbranched alkanes of at least 4 members (excludes halogenated alkanes) is 1. The van der Waals surface area contributed by atoms with Crippen LogP contribution in [-0.4, -0.2) is 12.5 Å².